The van der Waals surface area contributed by atoms with E-state index in [1.165, 1.54) is 6.33 Å². The van der Waals surface area contributed by atoms with Gasteiger partial charge in [-0.05, 0) is 24.3 Å². The lowest BCUT2D eigenvalue weighted by molar-refractivity contribution is 0.414. The van der Waals surface area contributed by atoms with Crippen molar-refractivity contribution in [2.24, 2.45) is 5.10 Å². The minimum absolute atomic E-state index is 0.516. The van der Waals surface area contributed by atoms with E-state index in [1.54, 1.807) is 13.3 Å². The fraction of sp³-hybridized carbons (Fsp3) is 0.0556. The number of hydrogen-bond donors (Lipinski definition) is 1. The van der Waals surface area contributed by atoms with E-state index >= 15 is 0 Å². The molecule has 0 fully saturated rings. The zero-order valence-electron chi connectivity index (χ0n) is 12.9. The van der Waals surface area contributed by atoms with Crippen LogP contribution in [0.3, 0.4) is 0 Å². The van der Waals surface area contributed by atoms with Gasteiger partial charge in [-0.3, -0.25) is 5.43 Å². The molecule has 0 saturated heterocycles. The Morgan fingerprint density at radius 1 is 1.08 bits per heavy atom. The van der Waals surface area contributed by atoms with Gasteiger partial charge < -0.3 is 9.15 Å². The first-order chi connectivity index (χ1) is 11.9. The Hall–Kier alpha value is -3.41. The maximum absolute atomic E-state index is 5.85. The van der Waals surface area contributed by atoms with Crippen molar-refractivity contribution in [1.82, 2.24) is 9.97 Å². The highest BCUT2D eigenvalue weighted by Crippen LogP contribution is 2.30. The lowest BCUT2D eigenvalue weighted by Gasteiger charge is -2.03. The molecule has 0 saturated carbocycles. The van der Waals surface area contributed by atoms with E-state index in [0.29, 0.717) is 11.4 Å². The SMILES string of the molecule is COc1ccccc1/C=N\Nc1ncnc2c1oc1ccccc12. The van der Waals surface area contributed by atoms with Crippen molar-refractivity contribution in [3.63, 3.8) is 0 Å². The standard InChI is InChI=1S/C18H14N4O2/c1-23-14-8-4-2-6-12(14)10-21-22-18-17-16(19-11-20-18)13-7-3-5-9-15(13)24-17/h2-11H,1H3,(H,19,20,22)/b21-10-. The second-order valence-corrected chi connectivity index (χ2v) is 5.11. The largest absolute Gasteiger partial charge is 0.496 e. The van der Waals surface area contributed by atoms with Gasteiger partial charge >= 0.3 is 0 Å². The van der Waals surface area contributed by atoms with Crippen molar-refractivity contribution in [1.29, 1.82) is 0 Å². The number of nitrogens with one attached hydrogen (secondary N) is 1. The molecule has 24 heavy (non-hydrogen) atoms. The highest BCUT2D eigenvalue weighted by Gasteiger charge is 2.12. The molecule has 0 aliphatic heterocycles. The molecule has 4 aromatic rings. The van der Waals surface area contributed by atoms with Crippen molar-refractivity contribution >= 4 is 34.1 Å². The van der Waals surface area contributed by atoms with Crippen LogP contribution < -0.4 is 10.2 Å². The monoisotopic (exact) mass is 318 g/mol. The van der Waals surface area contributed by atoms with Gasteiger partial charge in [0.15, 0.2) is 11.4 Å². The van der Waals surface area contributed by atoms with E-state index in [0.717, 1.165) is 27.8 Å². The van der Waals surface area contributed by atoms with Gasteiger partial charge in [0.25, 0.3) is 0 Å². The molecule has 4 rings (SSSR count). The van der Waals surface area contributed by atoms with Gasteiger partial charge in [-0.25, -0.2) is 9.97 Å². The van der Waals surface area contributed by atoms with E-state index < -0.39 is 0 Å². The minimum Gasteiger partial charge on any atom is -0.496 e. The molecule has 2 aromatic carbocycles. The first kappa shape index (κ1) is 14.2. The number of hydrazone groups is 1. The van der Waals surface area contributed by atoms with E-state index in [1.807, 2.05) is 48.5 Å². The predicted octanol–water partition coefficient (Wildman–Crippen LogP) is 3.83. The van der Waals surface area contributed by atoms with Crippen molar-refractivity contribution in [3.05, 3.63) is 60.4 Å². The Morgan fingerprint density at radius 3 is 2.83 bits per heavy atom. The van der Waals surface area contributed by atoms with Gasteiger partial charge in [-0.1, -0.05) is 24.3 Å². The summed E-state index contributed by atoms with van der Waals surface area (Å²) in [5.41, 5.74) is 5.89. The molecule has 6 nitrogen and oxygen atoms in total. The number of rotatable bonds is 4. The lowest BCUT2D eigenvalue weighted by Crippen LogP contribution is -1.96. The number of hydrogen-bond acceptors (Lipinski definition) is 6. The molecule has 0 amide bonds. The Labute approximate surface area is 137 Å². The van der Waals surface area contributed by atoms with E-state index in [9.17, 15) is 0 Å². The summed E-state index contributed by atoms with van der Waals surface area (Å²) < 4.78 is 11.1. The number of aromatic nitrogens is 2. The summed E-state index contributed by atoms with van der Waals surface area (Å²) in [6.45, 7) is 0. The predicted molar refractivity (Wildman–Crippen MR) is 93.5 cm³/mol. The second kappa shape index (κ2) is 6.00. The second-order valence-electron chi connectivity index (χ2n) is 5.11. The van der Waals surface area contributed by atoms with Crippen molar-refractivity contribution in [3.8, 4) is 5.75 Å². The van der Waals surface area contributed by atoms with E-state index in [-0.39, 0.29) is 0 Å². The molecule has 6 heteroatoms. The number of nitrogens with zero attached hydrogens (tertiary/aromatic N) is 3. The average molecular weight is 318 g/mol. The third-order valence-corrected chi connectivity index (χ3v) is 3.67. The number of ether oxygens (including phenoxy) is 1. The molecule has 0 unspecified atom stereocenters. The number of furan rings is 1. The third-order valence-electron chi connectivity index (χ3n) is 3.67. The molecule has 0 bridgehead atoms. The lowest BCUT2D eigenvalue weighted by atomic mass is 10.2. The Kier molecular flexibility index (Phi) is 3.55. The molecule has 0 radical (unpaired) electrons. The van der Waals surface area contributed by atoms with Crippen LogP contribution in [-0.2, 0) is 0 Å². The van der Waals surface area contributed by atoms with Crippen LogP contribution in [0.15, 0.2) is 64.4 Å². The van der Waals surface area contributed by atoms with Crippen molar-refractivity contribution in [2.75, 3.05) is 12.5 Å². The Bertz CT molecular complexity index is 1040. The summed E-state index contributed by atoms with van der Waals surface area (Å²) in [5, 5.41) is 5.19. The summed E-state index contributed by atoms with van der Waals surface area (Å²) in [7, 11) is 1.63. The van der Waals surface area contributed by atoms with Crippen LogP contribution >= 0.6 is 0 Å². The van der Waals surface area contributed by atoms with Gasteiger partial charge in [0.05, 0.1) is 13.3 Å². The molecule has 1 N–H and O–H groups in total. The summed E-state index contributed by atoms with van der Waals surface area (Å²) >= 11 is 0. The molecule has 2 aromatic heterocycles. The van der Waals surface area contributed by atoms with Crippen molar-refractivity contribution in [2.45, 2.75) is 0 Å². The summed E-state index contributed by atoms with van der Waals surface area (Å²) in [6.07, 6.45) is 3.17. The Morgan fingerprint density at radius 2 is 1.92 bits per heavy atom. The summed E-state index contributed by atoms with van der Waals surface area (Å²) in [6, 6.07) is 15.4. The van der Waals surface area contributed by atoms with Crippen LogP contribution in [0.4, 0.5) is 5.82 Å². The van der Waals surface area contributed by atoms with Crippen LogP contribution in [0.1, 0.15) is 5.56 Å². The zero-order chi connectivity index (χ0) is 16.4. The first-order valence-corrected chi connectivity index (χ1v) is 7.41. The summed E-state index contributed by atoms with van der Waals surface area (Å²) in [4.78, 5) is 8.52. The van der Waals surface area contributed by atoms with Crippen LogP contribution in [0.25, 0.3) is 22.1 Å². The highest BCUT2D eigenvalue weighted by atomic mass is 16.5. The van der Waals surface area contributed by atoms with E-state index in [4.69, 9.17) is 9.15 Å². The molecular formula is C18H14N4O2. The maximum Gasteiger partial charge on any atom is 0.197 e. The summed E-state index contributed by atoms with van der Waals surface area (Å²) in [5.74, 6) is 1.27. The number of fused-ring (bicyclic) bond motifs is 3. The average Bonchev–Trinajstić information content (AvgIpc) is 3.02. The molecular weight excluding hydrogens is 304 g/mol. The molecule has 0 spiro atoms. The normalized spacial score (nSPS) is 11.4. The van der Waals surface area contributed by atoms with E-state index in [2.05, 4.69) is 20.5 Å². The molecule has 0 aliphatic carbocycles. The minimum atomic E-state index is 0.516. The third kappa shape index (κ3) is 2.44. The Balaban J connectivity index is 1.69. The topological polar surface area (TPSA) is 72.5 Å². The highest BCUT2D eigenvalue weighted by molar-refractivity contribution is 6.05. The molecule has 2 heterocycles. The smallest absolute Gasteiger partial charge is 0.197 e. The number of anilines is 1. The van der Waals surface area contributed by atoms with Gasteiger partial charge in [0.1, 0.15) is 23.2 Å². The van der Waals surface area contributed by atoms with Crippen LogP contribution in [0.5, 0.6) is 5.75 Å². The zero-order valence-corrected chi connectivity index (χ0v) is 12.9. The van der Waals surface area contributed by atoms with Crippen molar-refractivity contribution < 1.29 is 9.15 Å². The number of para-hydroxylation sites is 2. The van der Waals surface area contributed by atoms with Gasteiger partial charge in [-0.15, -0.1) is 0 Å². The number of methoxy groups -OCH3 is 1. The van der Waals surface area contributed by atoms with Crippen LogP contribution in [-0.4, -0.2) is 23.3 Å². The molecule has 0 aliphatic rings. The van der Waals surface area contributed by atoms with Gasteiger partial charge in [0.2, 0.25) is 0 Å². The number of benzene rings is 2. The fourth-order valence-corrected chi connectivity index (χ4v) is 2.54. The van der Waals surface area contributed by atoms with Crippen LogP contribution in [0, 0.1) is 0 Å². The maximum atomic E-state index is 5.85. The van der Waals surface area contributed by atoms with Crippen LogP contribution in [0.2, 0.25) is 0 Å². The van der Waals surface area contributed by atoms with Gasteiger partial charge in [0, 0.05) is 10.9 Å². The first-order valence-electron chi connectivity index (χ1n) is 7.41. The quantitative estimate of drug-likeness (QED) is 0.457. The van der Waals surface area contributed by atoms with Gasteiger partial charge in [-0.2, -0.15) is 5.10 Å². The molecule has 0 atom stereocenters. The molecule has 118 valence electrons. The fourth-order valence-electron chi connectivity index (χ4n) is 2.54.